The summed E-state index contributed by atoms with van der Waals surface area (Å²) in [5.74, 6) is 0.846. The van der Waals surface area contributed by atoms with Gasteiger partial charge in [0.2, 0.25) is 0 Å². The third kappa shape index (κ3) is 4.96. The molecule has 0 atom stereocenters. The van der Waals surface area contributed by atoms with Crippen molar-refractivity contribution in [3.05, 3.63) is 194 Å². The van der Waals surface area contributed by atoms with E-state index in [1.54, 1.807) is 0 Å². The molecule has 256 valence electrons. The van der Waals surface area contributed by atoms with Gasteiger partial charge in [-0.1, -0.05) is 140 Å². The highest BCUT2D eigenvalue weighted by atomic mass is 15.1. The standard InChI is InChI=1S/C51H32N4/c1-2-14-33(15-3-1)47-38-19-5-7-21-40(38)48(41-22-8-6-20-39(41)47)34-26-28-36(29-27-34)55-50-42-23-9-4-18-37(42)44(45-25-10-11-30-52-45)32-46(50)54-51(55)43-24-12-16-35-17-13-31-53-49(35)43/h1-32H. The molecule has 4 heteroatoms. The third-order valence-electron chi connectivity index (χ3n) is 10.9. The Bertz CT molecular complexity index is 3180. The van der Waals surface area contributed by atoms with Gasteiger partial charge in [-0.25, -0.2) is 4.98 Å². The first-order valence-electron chi connectivity index (χ1n) is 18.6. The SMILES string of the molecule is c1ccc(-c2c3ccccc3c(-c3ccc(-n4c(-c5cccc6cccnc56)nc5cc(-c6ccccn6)c6ccccc6c54)cc3)c3ccccc23)cc1. The van der Waals surface area contributed by atoms with E-state index in [-0.39, 0.29) is 0 Å². The fourth-order valence-corrected chi connectivity index (χ4v) is 8.52. The Labute approximate surface area is 317 Å². The van der Waals surface area contributed by atoms with E-state index in [1.165, 1.54) is 38.2 Å². The maximum atomic E-state index is 5.44. The molecule has 11 aromatic rings. The van der Waals surface area contributed by atoms with Crippen LogP contribution in [0.2, 0.25) is 0 Å². The van der Waals surface area contributed by atoms with Gasteiger partial charge in [-0.2, -0.15) is 0 Å². The smallest absolute Gasteiger partial charge is 0.147 e. The maximum absolute atomic E-state index is 5.44. The lowest BCUT2D eigenvalue weighted by molar-refractivity contribution is 1.11. The monoisotopic (exact) mass is 700 g/mol. The second-order valence-electron chi connectivity index (χ2n) is 14.0. The Morgan fingerprint density at radius 2 is 0.982 bits per heavy atom. The normalized spacial score (nSPS) is 11.6. The Balaban J connectivity index is 1.18. The molecule has 0 N–H and O–H groups in total. The Morgan fingerprint density at radius 1 is 0.400 bits per heavy atom. The van der Waals surface area contributed by atoms with Crippen molar-refractivity contribution in [3.8, 4) is 50.6 Å². The summed E-state index contributed by atoms with van der Waals surface area (Å²) in [6, 6.07) is 64.7. The fourth-order valence-electron chi connectivity index (χ4n) is 8.52. The summed E-state index contributed by atoms with van der Waals surface area (Å²) in [5, 5.41) is 8.27. The molecule has 0 aliphatic rings. The van der Waals surface area contributed by atoms with Crippen LogP contribution < -0.4 is 0 Å². The highest BCUT2D eigenvalue weighted by Gasteiger charge is 2.22. The first-order chi connectivity index (χ1) is 27.3. The van der Waals surface area contributed by atoms with Gasteiger partial charge in [-0.15, -0.1) is 0 Å². The average Bonchev–Trinajstić information content (AvgIpc) is 3.65. The first-order valence-corrected chi connectivity index (χ1v) is 18.6. The van der Waals surface area contributed by atoms with Crippen LogP contribution in [0.4, 0.5) is 0 Å². The van der Waals surface area contributed by atoms with Crippen molar-refractivity contribution < 1.29 is 0 Å². The number of pyridine rings is 2. The van der Waals surface area contributed by atoms with Crippen molar-refractivity contribution in [1.82, 2.24) is 19.5 Å². The molecule has 55 heavy (non-hydrogen) atoms. The van der Waals surface area contributed by atoms with Crippen molar-refractivity contribution in [1.29, 1.82) is 0 Å². The van der Waals surface area contributed by atoms with Crippen LogP contribution in [0.1, 0.15) is 0 Å². The minimum absolute atomic E-state index is 0.846. The number of rotatable bonds is 5. The van der Waals surface area contributed by atoms with Crippen molar-refractivity contribution in [2.75, 3.05) is 0 Å². The van der Waals surface area contributed by atoms with E-state index >= 15 is 0 Å². The summed E-state index contributed by atoms with van der Waals surface area (Å²) < 4.78 is 2.32. The van der Waals surface area contributed by atoms with Crippen LogP contribution in [-0.2, 0) is 0 Å². The first kappa shape index (κ1) is 31.1. The van der Waals surface area contributed by atoms with Gasteiger partial charge in [-0.3, -0.25) is 14.5 Å². The van der Waals surface area contributed by atoms with Crippen LogP contribution in [0.25, 0.3) is 105 Å². The maximum Gasteiger partial charge on any atom is 0.147 e. The van der Waals surface area contributed by atoms with E-state index in [2.05, 4.69) is 168 Å². The number of hydrogen-bond donors (Lipinski definition) is 0. The van der Waals surface area contributed by atoms with Crippen LogP contribution in [0.15, 0.2) is 194 Å². The van der Waals surface area contributed by atoms with Crippen LogP contribution in [0.3, 0.4) is 0 Å². The summed E-state index contributed by atoms with van der Waals surface area (Å²) in [7, 11) is 0. The number of benzene rings is 8. The Morgan fingerprint density at radius 3 is 1.65 bits per heavy atom. The van der Waals surface area contributed by atoms with Gasteiger partial charge < -0.3 is 0 Å². The van der Waals surface area contributed by atoms with Gasteiger partial charge in [0.1, 0.15) is 5.82 Å². The van der Waals surface area contributed by atoms with Crippen molar-refractivity contribution in [3.63, 3.8) is 0 Å². The Hall–Kier alpha value is -7.43. The number of hydrogen-bond acceptors (Lipinski definition) is 3. The molecule has 3 aromatic heterocycles. The zero-order valence-corrected chi connectivity index (χ0v) is 29.8. The highest BCUT2D eigenvalue weighted by Crippen LogP contribution is 2.44. The lowest BCUT2D eigenvalue weighted by Gasteiger charge is -2.18. The molecule has 0 aliphatic heterocycles. The third-order valence-corrected chi connectivity index (χ3v) is 10.9. The van der Waals surface area contributed by atoms with Gasteiger partial charge in [0.25, 0.3) is 0 Å². The second-order valence-corrected chi connectivity index (χ2v) is 14.0. The summed E-state index contributed by atoms with van der Waals surface area (Å²) >= 11 is 0. The molecule has 0 bridgehead atoms. The summed E-state index contributed by atoms with van der Waals surface area (Å²) in [6.07, 6.45) is 3.71. The molecule has 3 heterocycles. The van der Waals surface area contributed by atoms with E-state index < -0.39 is 0 Å². The largest absolute Gasteiger partial charge is 0.292 e. The van der Waals surface area contributed by atoms with Crippen molar-refractivity contribution in [2.45, 2.75) is 0 Å². The van der Waals surface area contributed by atoms with E-state index in [1.807, 2.05) is 30.6 Å². The topological polar surface area (TPSA) is 43.6 Å². The number of para-hydroxylation sites is 1. The molecule has 11 rings (SSSR count). The number of aromatic nitrogens is 4. The minimum atomic E-state index is 0.846. The predicted octanol–water partition coefficient (Wildman–Crippen LogP) is 13.1. The molecule has 0 saturated heterocycles. The van der Waals surface area contributed by atoms with Gasteiger partial charge in [0.15, 0.2) is 0 Å². The molecule has 0 spiro atoms. The molecule has 8 aromatic carbocycles. The quantitative estimate of drug-likeness (QED) is 0.168. The molecular formula is C51H32N4. The van der Waals surface area contributed by atoms with Gasteiger partial charge in [-0.05, 0) is 91.6 Å². The molecule has 0 aliphatic carbocycles. The molecule has 0 saturated carbocycles. The van der Waals surface area contributed by atoms with Crippen LogP contribution in [0, 0.1) is 0 Å². The molecular weight excluding hydrogens is 669 g/mol. The Kier molecular flexibility index (Phi) is 7.14. The van der Waals surface area contributed by atoms with Crippen molar-refractivity contribution in [2.24, 2.45) is 0 Å². The van der Waals surface area contributed by atoms with Gasteiger partial charge in [0, 0.05) is 40.0 Å². The zero-order valence-electron chi connectivity index (χ0n) is 29.8. The van der Waals surface area contributed by atoms with Crippen LogP contribution in [0.5, 0.6) is 0 Å². The zero-order chi connectivity index (χ0) is 36.3. The van der Waals surface area contributed by atoms with Crippen LogP contribution >= 0.6 is 0 Å². The van der Waals surface area contributed by atoms with Crippen molar-refractivity contribution >= 4 is 54.3 Å². The summed E-state index contributed by atoms with van der Waals surface area (Å²) in [4.78, 5) is 15.1. The predicted molar refractivity (Wildman–Crippen MR) is 228 cm³/mol. The van der Waals surface area contributed by atoms with Gasteiger partial charge >= 0.3 is 0 Å². The van der Waals surface area contributed by atoms with E-state index in [9.17, 15) is 0 Å². The second kappa shape index (κ2) is 12.6. The van der Waals surface area contributed by atoms with Gasteiger partial charge in [0.05, 0.1) is 22.2 Å². The number of fused-ring (bicyclic) bond motifs is 6. The lowest BCUT2D eigenvalue weighted by Crippen LogP contribution is -1.99. The highest BCUT2D eigenvalue weighted by molar-refractivity contribution is 6.21. The fraction of sp³-hybridized carbons (Fsp3) is 0. The molecule has 0 fully saturated rings. The molecule has 0 amide bonds. The minimum Gasteiger partial charge on any atom is -0.292 e. The van der Waals surface area contributed by atoms with E-state index in [4.69, 9.17) is 15.0 Å². The number of imidazole rings is 1. The summed E-state index contributed by atoms with van der Waals surface area (Å²) in [5.41, 5.74) is 11.7. The number of nitrogens with zero attached hydrogens (tertiary/aromatic N) is 4. The molecule has 0 unspecified atom stereocenters. The summed E-state index contributed by atoms with van der Waals surface area (Å²) in [6.45, 7) is 0. The van der Waals surface area contributed by atoms with E-state index in [0.29, 0.717) is 0 Å². The van der Waals surface area contributed by atoms with Crippen LogP contribution in [-0.4, -0.2) is 19.5 Å². The van der Waals surface area contributed by atoms with E-state index in [0.717, 1.165) is 66.6 Å². The molecule has 0 radical (unpaired) electrons. The lowest BCUT2D eigenvalue weighted by atomic mass is 9.86. The molecule has 4 nitrogen and oxygen atoms in total. The average molecular weight is 701 g/mol.